The molecule has 0 bridgehead atoms. The van der Waals surface area contributed by atoms with E-state index in [4.69, 9.17) is 21.8 Å². The molecule has 9 rings (SSSR count). The number of benzene rings is 6. The van der Waals surface area contributed by atoms with Crippen LogP contribution in [0.5, 0.6) is 11.5 Å². The summed E-state index contributed by atoms with van der Waals surface area (Å²) in [6.07, 6.45) is -0.977. The predicted octanol–water partition coefficient (Wildman–Crippen LogP) is 12.3. The van der Waals surface area contributed by atoms with E-state index in [1.807, 2.05) is 13.1 Å². The molecule has 0 saturated carbocycles. The van der Waals surface area contributed by atoms with Gasteiger partial charge < -0.3 is 66.7 Å². The zero-order chi connectivity index (χ0) is 63.9. The number of para-hydroxylation sites is 2. The third-order valence-electron chi connectivity index (χ3n) is 14.4. The number of ether oxygens (including phenoxy) is 1. The number of phenolic OH excluding ortho intramolecular Hbond substituents is 1. The van der Waals surface area contributed by atoms with E-state index in [2.05, 4.69) is 65.4 Å². The van der Waals surface area contributed by atoms with Gasteiger partial charge in [-0.15, -0.1) is 13.2 Å². The van der Waals surface area contributed by atoms with E-state index < -0.39 is 36.2 Å². The molecule has 3 aliphatic heterocycles. The smallest absolute Gasteiger partial charge is 0.506 e. The summed E-state index contributed by atoms with van der Waals surface area (Å²) in [6.45, 7) is 6.68. The fourth-order valence-electron chi connectivity index (χ4n) is 9.53. The number of likely N-dealkylation sites (tertiary alicyclic amines) is 3. The number of alkyl halides is 3. The number of urea groups is 3. The summed E-state index contributed by atoms with van der Waals surface area (Å²) >= 11 is 5.83. The zero-order valence-electron chi connectivity index (χ0n) is 49.1. The second kappa shape index (κ2) is 33.3. The molecule has 0 aromatic heterocycles. The number of Topliss-reactive ketones (excluding diaryl/α,β-unsaturated/α-hetero) is 3. The molecule has 24 heteroatoms. The van der Waals surface area contributed by atoms with Crippen molar-refractivity contribution in [1.82, 2.24) is 14.7 Å². The van der Waals surface area contributed by atoms with Crippen LogP contribution in [0.3, 0.4) is 0 Å². The Kier molecular flexibility index (Phi) is 25.8. The van der Waals surface area contributed by atoms with Crippen LogP contribution in [0, 0.1) is 17.8 Å². The maximum Gasteiger partial charge on any atom is 0.573 e. The minimum Gasteiger partial charge on any atom is -0.506 e. The first-order chi connectivity index (χ1) is 41.9. The molecule has 20 nitrogen and oxygen atoms in total. The number of ketones is 3. The Labute approximate surface area is 513 Å². The number of carbonyl (C=O) groups is 7. The number of hydrogen-bond donors (Lipinski definition) is 9. The number of anilines is 6. The van der Waals surface area contributed by atoms with Gasteiger partial charge in [0.2, 0.25) is 0 Å². The van der Waals surface area contributed by atoms with E-state index in [0.717, 1.165) is 89.9 Å². The number of rotatable bonds is 14. The monoisotopic (exact) mass is 1240 g/mol. The molecule has 88 heavy (non-hydrogen) atoms. The van der Waals surface area contributed by atoms with Gasteiger partial charge in [-0.25, -0.2) is 19.2 Å². The summed E-state index contributed by atoms with van der Waals surface area (Å²) in [4.78, 5) is 90.7. The van der Waals surface area contributed by atoms with Crippen LogP contribution in [0.4, 0.5) is 61.7 Å². The molecule has 3 heterocycles. The number of amides is 6. The van der Waals surface area contributed by atoms with Crippen LogP contribution >= 0.6 is 11.6 Å². The van der Waals surface area contributed by atoms with Crippen molar-refractivity contribution < 1.29 is 66.8 Å². The Balaban J connectivity index is 0.000000201. The quantitative estimate of drug-likeness (QED) is 0.0363. The van der Waals surface area contributed by atoms with Crippen LogP contribution in [-0.2, 0) is 4.79 Å². The van der Waals surface area contributed by atoms with Crippen molar-refractivity contribution in [3.63, 3.8) is 0 Å². The Morgan fingerprint density at radius 3 is 1.17 bits per heavy atom. The molecule has 6 aromatic rings. The number of aliphatic carboxylic acids is 1. The number of halogens is 4. The lowest BCUT2D eigenvalue weighted by atomic mass is 9.89. The Morgan fingerprint density at radius 1 is 0.489 bits per heavy atom. The highest BCUT2D eigenvalue weighted by atomic mass is 35.5. The topological polar surface area (TPSA) is 271 Å². The summed E-state index contributed by atoms with van der Waals surface area (Å²) in [5, 5.41) is 41.9. The number of hydrogen-bond acceptors (Lipinski definition) is 13. The van der Waals surface area contributed by atoms with Crippen molar-refractivity contribution in [3.05, 3.63) is 167 Å². The SMILES string of the molecule is CC(O)C(=O)O.CN1CCC(C(=O)c2cccc(NC(=O)Nc3ccc(Cl)cc3)c2)CC1.CN1CCC(C(=O)c2cccc(NC(=O)Nc3cccc(OC(F)(F)F)c3)c2)CC1.CN1CCC(C(=O)c2cccc(NC(=O)Nc3ccccc3O)c2)CC1. The Morgan fingerprint density at radius 2 is 0.818 bits per heavy atom. The fourth-order valence-corrected chi connectivity index (χ4v) is 9.65. The number of carboxylic acids is 1. The number of nitrogens with one attached hydrogen (secondary N) is 6. The van der Waals surface area contributed by atoms with Gasteiger partial charge in [-0.2, -0.15) is 0 Å². The normalized spacial score (nSPS) is 15.3. The average molecular weight is 1240 g/mol. The first-order valence-corrected chi connectivity index (χ1v) is 28.8. The van der Waals surface area contributed by atoms with Gasteiger partial charge in [0.15, 0.2) is 17.3 Å². The van der Waals surface area contributed by atoms with Crippen LogP contribution in [0.1, 0.15) is 76.5 Å². The highest BCUT2D eigenvalue weighted by Crippen LogP contribution is 2.29. The van der Waals surface area contributed by atoms with Crippen molar-refractivity contribution in [3.8, 4) is 11.5 Å². The maximum absolute atomic E-state index is 12.7. The van der Waals surface area contributed by atoms with Gasteiger partial charge in [-0.1, -0.05) is 66.2 Å². The van der Waals surface area contributed by atoms with Gasteiger partial charge >= 0.3 is 30.4 Å². The number of aliphatic hydroxyl groups excluding tert-OH is 1. The molecule has 9 N–H and O–H groups in total. The molecule has 3 saturated heterocycles. The van der Waals surface area contributed by atoms with Crippen molar-refractivity contribution in [1.29, 1.82) is 0 Å². The van der Waals surface area contributed by atoms with Gasteiger partial charge in [-0.05, 0) is 191 Å². The average Bonchev–Trinajstić information content (AvgIpc) is 3.49. The van der Waals surface area contributed by atoms with Crippen LogP contribution in [0.15, 0.2) is 146 Å². The molecule has 1 atom stereocenters. The van der Waals surface area contributed by atoms with Gasteiger partial charge in [0.05, 0.1) is 5.69 Å². The molecule has 6 aromatic carbocycles. The predicted molar refractivity (Wildman–Crippen MR) is 333 cm³/mol. The van der Waals surface area contributed by atoms with E-state index in [1.165, 1.54) is 25.1 Å². The lowest BCUT2D eigenvalue weighted by molar-refractivity contribution is -0.274. The molecule has 468 valence electrons. The van der Waals surface area contributed by atoms with Crippen LogP contribution < -0.4 is 36.6 Å². The number of carbonyl (C=O) groups excluding carboxylic acids is 6. The third-order valence-corrected chi connectivity index (χ3v) is 14.7. The highest BCUT2D eigenvalue weighted by molar-refractivity contribution is 6.30. The van der Waals surface area contributed by atoms with Gasteiger partial charge in [0.1, 0.15) is 17.6 Å². The summed E-state index contributed by atoms with van der Waals surface area (Å²) < 4.78 is 40.8. The standard InChI is InChI=1S/C21H22F3N3O3.C20H22ClN3O2.C20H23N3O3.C3H6O3/c1-27-10-8-14(9-11-27)19(28)15-4-2-5-16(12-15)25-20(29)26-17-6-3-7-18(13-17)30-21(22,23)24;1-24-11-9-14(10-12-24)19(25)15-3-2-4-18(13-15)23-20(26)22-17-7-5-16(21)6-8-17;1-23-11-9-14(10-12-23)19(25)15-5-4-6-16(13-15)21-20(26)22-17-7-2-3-8-18(17)24;1-2(4)3(5)6/h2-7,12-14H,8-11H2,1H3,(H2,25,26,29);2-8,13-14H,9-12H2,1H3,(H2,22,23,26);2-8,13-14,24H,9-12H2,1H3,(H2,21,22,26);2,4H,1H3,(H,5,6). The minimum absolute atomic E-state index is 0.00570. The number of piperidine rings is 3. The fraction of sp³-hybridized carbons (Fsp3) is 0.328. The third kappa shape index (κ3) is 23.1. The second-order valence-corrected chi connectivity index (χ2v) is 21.9. The lowest BCUT2D eigenvalue weighted by Gasteiger charge is -2.28. The molecule has 1 unspecified atom stereocenters. The maximum atomic E-state index is 12.7. The van der Waals surface area contributed by atoms with Gasteiger partial charge in [-0.3, -0.25) is 14.4 Å². The van der Waals surface area contributed by atoms with Crippen LogP contribution in [0.2, 0.25) is 5.02 Å². The summed E-state index contributed by atoms with van der Waals surface area (Å²) in [5.41, 5.74) is 4.41. The first kappa shape index (κ1) is 68.2. The Bertz CT molecular complexity index is 3330. The van der Waals surface area contributed by atoms with E-state index in [-0.39, 0.29) is 52.6 Å². The molecular weight excluding hydrogens is 1160 g/mol. The number of phenols is 1. The largest absolute Gasteiger partial charge is 0.573 e. The zero-order valence-corrected chi connectivity index (χ0v) is 49.9. The molecule has 3 aliphatic rings. The first-order valence-electron chi connectivity index (χ1n) is 28.4. The molecule has 6 amide bonds. The van der Waals surface area contributed by atoms with E-state index >= 15 is 0 Å². The van der Waals surface area contributed by atoms with Crippen LogP contribution in [-0.4, -0.2) is 144 Å². The van der Waals surface area contributed by atoms with E-state index in [0.29, 0.717) is 50.1 Å². The number of nitrogens with zero attached hydrogens (tertiary/aromatic N) is 3. The lowest BCUT2D eigenvalue weighted by Crippen LogP contribution is -2.33. The second-order valence-electron chi connectivity index (χ2n) is 21.4. The minimum atomic E-state index is -4.82. The van der Waals surface area contributed by atoms with Crippen molar-refractivity contribution in [2.45, 2.75) is 57.9 Å². The molecule has 0 spiro atoms. The summed E-state index contributed by atoms with van der Waals surface area (Å²) in [6, 6.07) is 37.5. The molecule has 0 radical (unpaired) electrons. The summed E-state index contributed by atoms with van der Waals surface area (Å²) in [7, 11) is 6.16. The van der Waals surface area contributed by atoms with E-state index in [1.54, 1.807) is 109 Å². The Hall–Kier alpha value is -8.87. The van der Waals surface area contributed by atoms with Crippen molar-refractivity contribution in [2.75, 3.05) is 92.3 Å². The number of aliphatic hydroxyl groups is 1. The number of carboxylic acid groups (broad SMARTS) is 1. The van der Waals surface area contributed by atoms with E-state index in [9.17, 15) is 51.8 Å². The molecular formula is C64H73ClF3N9O11. The van der Waals surface area contributed by atoms with Crippen LogP contribution in [0.25, 0.3) is 0 Å². The number of aromatic hydroxyl groups is 1. The highest BCUT2D eigenvalue weighted by Gasteiger charge is 2.31. The van der Waals surface area contributed by atoms with Gasteiger partial charge in [0.25, 0.3) is 0 Å². The van der Waals surface area contributed by atoms with Crippen molar-refractivity contribution >= 4 is 87.1 Å². The summed E-state index contributed by atoms with van der Waals surface area (Å²) in [5.74, 6) is -1.25. The van der Waals surface area contributed by atoms with Crippen molar-refractivity contribution in [2.24, 2.45) is 17.8 Å². The molecule has 0 aliphatic carbocycles. The van der Waals surface area contributed by atoms with Gasteiger partial charge in [0, 0.05) is 74.0 Å². The molecule has 3 fully saturated rings.